The van der Waals surface area contributed by atoms with Crippen molar-refractivity contribution in [2.75, 3.05) is 81.6 Å². The Hall–Kier alpha value is -6.56. The monoisotopic (exact) mass is 861 g/mol. The molecule has 4 saturated heterocycles. The van der Waals surface area contributed by atoms with Crippen LogP contribution in [0.1, 0.15) is 88.6 Å². The summed E-state index contributed by atoms with van der Waals surface area (Å²) in [5, 5.41) is 9.10. The highest BCUT2D eigenvalue weighted by molar-refractivity contribution is 6.25. The molecular formula is C45H55N11O7. The van der Waals surface area contributed by atoms with E-state index in [2.05, 4.69) is 51.5 Å². The maximum atomic E-state index is 13.4. The number of likely N-dealkylation sites (N-methyl/N-ethyl adjacent to an activating group) is 1. The Bertz CT molecular complexity index is 2310. The normalized spacial score (nSPS) is 21.2. The van der Waals surface area contributed by atoms with Gasteiger partial charge in [0.05, 0.1) is 43.0 Å². The van der Waals surface area contributed by atoms with Crippen molar-refractivity contribution in [3.8, 4) is 0 Å². The molecule has 1 aromatic heterocycles. The van der Waals surface area contributed by atoms with Crippen LogP contribution in [0.5, 0.6) is 0 Å². The molecule has 63 heavy (non-hydrogen) atoms. The quantitative estimate of drug-likeness (QED) is 0.136. The second-order valence-electron chi connectivity index (χ2n) is 17.2. The van der Waals surface area contributed by atoms with Crippen molar-refractivity contribution in [1.82, 2.24) is 34.9 Å². The highest BCUT2D eigenvalue weighted by atomic mass is 16.5. The molecule has 0 saturated carbocycles. The van der Waals surface area contributed by atoms with Crippen LogP contribution in [0, 0.1) is 0 Å². The molecule has 8 rings (SSSR count). The van der Waals surface area contributed by atoms with Crippen LogP contribution in [0.15, 0.2) is 60.9 Å². The highest BCUT2D eigenvalue weighted by Crippen LogP contribution is 2.37. The summed E-state index contributed by atoms with van der Waals surface area (Å²) >= 11 is 0. The average Bonchev–Trinajstić information content (AvgIpc) is 3.75. The summed E-state index contributed by atoms with van der Waals surface area (Å²) in [7, 11) is 1.82. The number of nitrogens with one attached hydrogen (secondary N) is 3. The first-order valence-corrected chi connectivity index (χ1v) is 21.7. The number of ether oxygens (including phenoxy) is 1. The van der Waals surface area contributed by atoms with Crippen molar-refractivity contribution >= 4 is 58.6 Å². The molecule has 5 aliphatic heterocycles. The van der Waals surface area contributed by atoms with Crippen molar-refractivity contribution in [2.45, 2.75) is 69.4 Å². The summed E-state index contributed by atoms with van der Waals surface area (Å²) in [5.74, 6) is -1.20. The van der Waals surface area contributed by atoms with E-state index in [1.54, 1.807) is 29.3 Å². The number of piperidine rings is 3. The number of amides is 7. The van der Waals surface area contributed by atoms with Crippen molar-refractivity contribution in [3.63, 3.8) is 0 Å². The van der Waals surface area contributed by atoms with Crippen LogP contribution in [0.3, 0.4) is 0 Å². The lowest BCUT2D eigenvalue weighted by Gasteiger charge is -2.40. The number of anilines is 4. The van der Waals surface area contributed by atoms with Crippen LogP contribution in [-0.2, 0) is 19.7 Å². The van der Waals surface area contributed by atoms with Crippen LogP contribution >= 0.6 is 0 Å². The van der Waals surface area contributed by atoms with Gasteiger partial charge in [-0.15, -0.1) is 0 Å². The van der Waals surface area contributed by atoms with Crippen LogP contribution in [0.25, 0.3) is 0 Å². The Labute approximate surface area is 366 Å². The number of rotatable bonds is 14. The number of aromatic nitrogens is 2. The second kappa shape index (κ2) is 18.0. The number of nitrogens with two attached hydrogens (primary N) is 1. The molecule has 2 atom stereocenters. The van der Waals surface area contributed by atoms with Crippen LogP contribution in [-0.4, -0.2) is 143 Å². The molecular weight excluding hydrogens is 807 g/mol. The molecule has 1 unspecified atom stereocenters. The average molecular weight is 862 g/mol. The van der Waals surface area contributed by atoms with E-state index in [4.69, 9.17) is 15.5 Å². The second-order valence-corrected chi connectivity index (χ2v) is 17.2. The molecule has 5 aliphatic rings. The minimum Gasteiger partial charge on any atom is -0.382 e. The number of urea groups is 1. The SMILES string of the molecule is C=C1CCC(N2C(=O)c3cccc(NCCOCCC(=O)N4CCC(C)(c5ccc(Nc6nc(N7CCC[C@@H](N8CCN(C)C8=O)C7)cnc6C(N)=O)cc5)CC4)c3C2=O)C(=O)N1. The summed E-state index contributed by atoms with van der Waals surface area (Å²) < 4.78 is 5.79. The number of fused-ring (bicyclic) bond motifs is 1. The first-order valence-electron chi connectivity index (χ1n) is 21.7. The summed E-state index contributed by atoms with van der Waals surface area (Å²) in [6.07, 6.45) is 6.01. The van der Waals surface area contributed by atoms with Crippen molar-refractivity contribution in [3.05, 3.63) is 83.3 Å². The Balaban J connectivity index is 0.789. The number of hydrogen-bond acceptors (Lipinski definition) is 12. The van der Waals surface area contributed by atoms with E-state index in [-0.39, 0.29) is 65.7 Å². The molecule has 18 nitrogen and oxygen atoms in total. The van der Waals surface area contributed by atoms with E-state index in [9.17, 15) is 28.8 Å². The number of imide groups is 1. The first kappa shape index (κ1) is 43.1. The minimum atomic E-state index is -0.885. The van der Waals surface area contributed by atoms with Crippen LogP contribution < -0.4 is 26.6 Å². The number of allylic oxidation sites excluding steroid dienone is 1. The van der Waals surface area contributed by atoms with Gasteiger partial charge in [-0.3, -0.25) is 28.9 Å². The van der Waals surface area contributed by atoms with E-state index in [1.807, 2.05) is 29.0 Å². The number of primary amides is 1. The number of likely N-dealkylation sites (tertiary alicyclic amines) is 1. The predicted molar refractivity (Wildman–Crippen MR) is 235 cm³/mol. The van der Waals surface area contributed by atoms with Gasteiger partial charge in [-0.1, -0.05) is 31.7 Å². The van der Waals surface area contributed by atoms with Crippen molar-refractivity contribution in [1.29, 1.82) is 0 Å². The number of benzene rings is 2. The highest BCUT2D eigenvalue weighted by Gasteiger charge is 2.45. The number of carbonyl (C=O) groups is 6. The Morgan fingerprint density at radius 2 is 1.76 bits per heavy atom. The van der Waals surface area contributed by atoms with Gasteiger partial charge in [0.2, 0.25) is 11.8 Å². The molecule has 18 heteroatoms. The first-order chi connectivity index (χ1) is 30.3. The summed E-state index contributed by atoms with van der Waals surface area (Å²) in [6, 6.07) is 12.2. The van der Waals surface area contributed by atoms with Gasteiger partial charge in [0.25, 0.3) is 17.7 Å². The molecule has 0 aliphatic carbocycles. The fraction of sp³-hybridized carbons (Fsp3) is 0.467. The molecule has 7 amide bonds. The maximum Gasteiger partial charge on any atom is 0.320 e. The third-order valence-electron chi connectivity index (χ3n) is 13.1. The standard InChI is InChI=1S/C45H55N11O7/c1-28-9-14-34(41(59)49-28)56-42(60)32-7-4-8-33(37(32)43(56)61)47-18-25-63-24-15-36(57)53-20-16-45(2,17-21-53)29-10-12-30(13-11-29)50-40-38(39(46)58)48-26-35(51-40)54-19-5-6-31(27-54)55-23-22-52(3)44(55)62/h4,7-8,10-13,26,31,34,47H,1,5-6,9,14-25,27H2,2-3H3,(H2,46,58)(H,49,59)(H,50,51)/t31-,34?/m1/s1. The molecule has 2 aromatic carbocycles. The van der Waals surface area contributed by atoms with Gasteiger partial charge in [-0.05, 0) is 73.8 Å². The van der Waals surface area contributed by atoms with Gasteiger partial charge in [0.15, 0.2) is 11.5 Å². The predicted octanol–water partition coefficient (Wildman–Crippen LogP) is 3.44. The smallest absolute Gasteiger partial charge is 0.320 e. The zero-order valence-electron chi connectivity index (χ0n) is 35.9. The lowest BCUT2D eigenvalue weighted by Crippen LogP contribution is -2.51. The topological polar surface area (TPSA) is 216 Å². The largest absolute Gasteiger partial charge is 0.382 e. The van der Waals surface area contributed by atoms with Crippen molar-refractivity contribution < 1.29 is 33.5 Å². The third kappa shape index (κ3) is 8.89. The molecule has 4 fully saturated rings. The molecule has 3 aromatic rings. The van der Waals surface area contributed by atoms with Gasteiger partial charge in [0, 0.05) is 69.9 Å². The molecule has 0 radical (unpaired) electrons. The fourth-order valence-electron chi connectivity index (χ4n) is 9.27. The van der Waals surface area contributed by atoms with Gasteiger partial charge in [-0.2, -0.15) is 0 Å². The Kier molecular flexibility index (Phi) is 12.3. The fourth-order valence-corrected chi connectivity index (χ4v) is 9.27. The van der Waals surface area contributed by atoms with E-state index in [0.717, 1.165) is 48.4 Å². The van der Waals surface area contributed by atoms with Gasteiger partial charge >= 0.3 is 6.03 Å². The lowest BCUT2D eigenvalue weighted by molar-refractivity contribution is -0.133. The van der Waals surface area contributed by atoms with E-state index in [0.29, 0.717) is 69.3 Å². The zero-order valence-corrected chi connectivity index (χ0v) is 35.9. The van der Waals surface area contributed by atoms with Gasteiger partial charge in [0.1, 0.15) is 11.9 Å². The van der Waals surface area contributed by atoms with E-state index in [1.165, 1.54) is 0 Å². The van der Waals surface area contributed by atoms with Gasteiger partial charge in [-0.25, -0.2) is 14.8 Å². The number of hydrogen-bond donors (Lipinski definition) is 4. The van der Waals surface area contributed by atoms with E-state index >= 15 is 0 Å². The molecule has 6 heterocycles. The molecule has 5 N–H and O–H groups in total. The lowest BCUT2D eigenvalue weighted by atomic mass is 9.74. The molecule has 0 bridgehead atoms. The Morgan fingerprint density at radius 3 is 2.48 bits per heavy atom. The van der Waals surface area contributed by atoms with Crippen LogP contribution in [0.2, 0.25) is 0 Å². The summed E-state index contributed by atoms with van der Waals surface area (Å²) in [5.41, 5.74) is 9.01. The van der Waals surface area contributed by atoms with Gasteiger partial charge < -0.3 is 46.0 Å². The van der Waals surface area contributed by atoms with Crippen molar-refractivity contribution in [2.24, 2.45) is 5.73 Å². The molecule has 0 spiro atoms. The Morgan fingerprint density at radius 1 is 0.984 bits per heavy atom. The number of carbonyl (C=O) groups excluding carboxylic acids is 6. The molecule has 332 valence electrons. The third-order valence-corrected chi connectivity index (χ3v) is 13.1. The van der Waals surface area contributed by atoms with Crippen LogP contribution in [0.4, 0.5) is 27.8 Å². The summed E-state index contributed by atoms with van der Waals surface area (Å²) in [4.78, 5) is 95.3. The minimum absolute atomic E-state index is 0.0239. The number of nitrogens with zero attached hydrogens (tertiary/aromatic N) is 7. The zero-order chi connectivity index (χ0) is 44.4. The summed E-state index contributed by atoms with van der Waals surface area (Å²) in [6.45, 7) is 10.9. The van der Waals surface area contributed by atoms with E-state index < -0.39 is 29.7 Å². The maximum absolute atomic E-state index is 13.4.